The Hall–Kier alpha value is -1.52. The van der Waals surface area contributed by atoms with E-state index in [2.05, 4.69) is 23.8 Å². The van der Waals surface area contributed by atoms with Crippen molar-refractivity contribution in [1.82, 2.24) is 0 Å². The number of hydrogen-bond donors (Lipinski definition) is 0. The molecule has 0 spiro atoms. The highest BCUT2D eigenvalue weighted by molar-refractivity contribution is 5.33. The number of hydrogen-bond acceptors (Lipinski definition) is 1. The molecule has 1 aromatic carbocycles. The van der Waals surface area contributed by atoms with Gasteiger partial charge in [-0.25, -0.2) is 8.78 Å². The largest absolute Gasteiger partial charge is 0.429 e. The summed E-state index contributed by atoms with van der Waals surface area (Å²) in [5.41, 5.74) is 0.566. The molecule has 0 N–H and O–H groups in total. The molecule has 32 heavy (non-hydrogen) atoms. The summed E-state index contributed by atoms with van der Waals surface area (Å²) in [6.45, 7) is -1.03. The van der Waals surface area contributed by atoms with Gasteiger partial charge < -0.3 is 4.74 Å². The minimum absolute atomic E-state index is 0.0907. The van der Waals surface area contributed by atoms with E-state index in [0.29, 0.717) is 11.5 Å². The van der Waals surface area contributed by atoms with E-state index >= 15 is 0 Å². The molecule has 2 aliphatic rings. The fourth-order valence-corrected chi connectivity index (χ4v) is 5.82. The van der Waals surface area contributed by atoms with Crippen LogP contribution in [0, 0.1) is 29.4 Å². The quantitative estimate of drug-likeness (QED) is 0.194. The Labute approximate surface area is 190 Å². The van der Waals surface area contributed by atoms with Crippen LogP contribution in [0.2, 0.25) is 0 Å². The van der Waals surface area contributed by atoms with E-state index in [0.717, 1.165) is 37.5 Å². The highest BCUT2D eigenvalue weighted by Gasteiger charge is 2.32. The van der Waals surface area contributed by atoms with E-state index in [-0.39, 0.29) is 5.92 Å². The summed E-state index contributed by atoms with van der Waals surface area (Å²) in [6, 6.07) is 2.35. The summed E-state index contributed by atoms with van der Waals surface area (Å²) in [6.07, 6.45) is 20.2. The van der Waals surface area contributed by atoms with Crippen LogP contribution < -0.4 is 4.74 Å². The Morgan fingerprint density at radius 3 is 2.00 bits per heavy atom. The molecule has 0 aliphatic heterocycles. The van der Waals surface area contributed by atoms with Crippen molar-refractivity contribution >= 4 is 0 Å². The van der Waals surface area contributed by atoms with Gasteiger partial charge in [-0.15, -0.1) is 0 Å². The maximum Gasteiger partial charge on any atom is 0.387 e. The molecule has 0 heterocycles. The van der Waals surface area contributed by atoms with Gasteiger partial charge in [0.05, 0.1) is 0 Å². The molecule has 0 amide bonds. The zero-order valence-corrected chi connectivity index (χ0v) is 19.3. The fraction of sp³-hybridized carbons (Fsp3) is 0.704. The van der Waals surface area contributed by atoms with Crippen LogP contribution in [-0.2, 0) is 0 Å². The second-order valence-corrected chi connectivity index (χ2v) is 9.78. The van der Waals surface area contributed by atoms with Gasteiger partial charge >= 0.3 is 6.61 Å². The lowest BCUT2D eigenvalue weighted by molar-refractivity contribution is -0.0546. The number of unbranched alkanes of at least 4 members (excludes halogenated alkanes) is 2. The van der Waals surface area contributed by atoms with Crippen molar-refractivity contribution < 1.29 is 22.3 Å². The third-order valence-corrected chi connectivity index (χ3v) is 7.63. The van der Waals surface area contributed by atoms with Crippen molar-refractivity contribution in [2.45, 2.75) is 103 Å². The number of ether oxygens (including phenoxy) is 1. The average Bonchev–Trinajstić information content (AvgIpc) is 2.79. The normalized spacial score (nSPS) is 26.7. The summed E-state index contributed by atoms with van der Waals surface area (Å²) in [5.74, 6) is -0.600. The minimum Gasteiger partial charge on any atom is -0.429 e. The van der Waals surface area contributed by atoms with Gasteiger partial charge in [0.1, 0.15) is 0 Å². The zero-order chi connectivity index (χ0) is 22.9. The Morgan fingerprint density at radius 2 is 1.44 bits per heavy atom. The first kappa shape index (κ1) is 25.1. The molecule has 0 radical (unpaired) electrons. The van der Waals surface area contributed by atoms with Crippen LogP contribution in [0.4, 0.5) is 17.6 Å². The Kier molecular flexibility index (Phi) is 9.92. The maximum absolute atomic E-state index is 14.1. The summed E-state index contributed by atoms with van der Waals surface area (Å²) in [5, 5.41) is 0. The molecule has 3 rings (SSSR count). The molecule has 1 nitrogen and oxygen atoms in total. The lowest BCUT2D eigenvalue weighted by Crippen LogP contribution is -2.25. The molecule has 180 valence electrons. The van der Waals surface area contributed by atoms with Gasteiger partial charge in [0.2, 0.25) is 0 Å². The van der Waals surface area contributed by atoms with E-state index in [1.54, 1.807) is 0 Å². The molecule has 0 bridgehead atoms. The highest BCUT2D eigenvalue weighted by atomic mass is 19.3. The number of allylic oxidation sites excluding steroid dienone is 2. The smallest absolute Gasteiger partial charge is 0.387 e. The molecule has 0 saturated heterocycles. The van der Waals surface area contributed by atoms with Crippen LogP contribution >= 0.6 is 0 Å². The lowest BCUT2D eigenvalue weighted by atomic mass is 9.68. The van der Waals surface area contributed by atoms with Crippen LogP contribution in [0.1, 0.15) is 102 Å². The summed E-state index contributed by atoms with van der Waals surface area (Å²) >= 11 is 0. The van der Waals surface area contributed by atoms with Crippen LogP contribution in [0.25, 0.3) is 0 Å². The van der Waals surface area contributed by atoms with Gasteiger partial charge in [-0.05, 0) is 99.2 Å². The summed E-state index contributed by atoms with van der Waals surface area (Å²) < 4.78 is 56.9. The first-order chi connectivity index (χ1) is 15.5. The first-order valence-electron chi connectivity index (χ1n) is 12.6. The second kappa shape index (κ2) is 12.6. The Bertz CT molecular complexity index is 693. The van der Waals surface area contributed by atoms with Gasteiger partial charge in [-0.2, -0.15) is 8.78 Å². The minimum atomic E-state index is -3.24. The second-order valence-electron chi connectivity index (χ2n) is 9.78. The maximum atomic E-state index is 14.1. The third-order valence-electron chi connectivity index (χ3n) is 7.63. The number of alkyl halides is 2. The van der Waals surface area contributed by atoms with E-state index in [9.17, 15) is 17.6 Å². The molecule has 2 aliphatic carbocycles. The van der Waals surface area contributed by atoms with Crippen molar-refractivity contribution in [3.8, 4) is 5.75 Å². The van der Waals surface area contributed by atoms with Crippen LogP contribution in [0.5, 0.6) is 5.75 Å². The van der Waals surface area contributed by atoms with Crippen molar-refractivity contribution in [2.75, 3.05) is 0 Å². The predicted octanol–water partition coefficient (Wildman–Crippen LogP) is 9.17. The molecule has 5 heteroatoms. The zero-order valence-electron chi connectivity index (χ0n) is 19.3. The van der Waals surface area contributed by atoms with Crippen molar-refractivity contribution in [3.63, 3.8) is 0 Å². The molecule has 2 saturated carbocycles. The van der Waals surface area contributed by atoms with Gasteiger partial charge in [0.25, 0.3) is 0 Å². The molecule has 0 unspecified atom stereocenters. The van der Waals surface area contributed by atoms with Crippen LogP contribution in [0.3, 0.4) is 0 Å². The number of halogens is 4. The molecule has 0 atom stereocenters. The van der Waals surface area contributed by atoms with Crippen molar-refractivity contribution in [1.29, 1.82) is 0 Å². The third kappa shape index (κ3) is 7.25. The molecule has 1 aromatic rings. The van der Waals surface area contributed by atoms with Crippen molar-refractivity contribution in [2.24, 2.45) is 17.8 Å². The van der Waals surface area contributed by atoms with Crippen molar-refractivity contribution in [3.05, 3.63) is 41.5 Å². The number of benzene rings is 1. The Balaban J connectivity index is 1.41. The van der Waals surface area contributed by atoms with E-state index in [1.807, 2.05) is 0 Å². The monoisotopic (exact) mass is 454 g/mol. The fourth-order valence-electron chi connectivity index (χ4n) is 5.82. The van der Waals surface area contributed by atoms with Gasteiger partial charge in [0, 0.05) is 0 Å². The lowest BCUT2D eigenvalue weighted by Gasteiger charge is -2.38. The van der Waals surface area contributed by atoms with Crippen LogP contribution in [-0.4, -0.2) is 6.61 Å². The Morgan fingerprint density at radius 1 is 0.875 bits per heavy atom. The standard InChI is InChI=1S/C27H38F4O/c1-2-3-4-5-6-7-8-19-9-11-20(12-10-19)21-13-15-22(16-14-21)23-17-24(28)26(25(29)18-23)32-27(30)31/h4-5,17-22,27H,2-3,6-16H2,1H3/b5-4+/t19-,20-,21-,22-. The SMILES string of the molecule is CCC/C=C/CCC[C@H]1CC[C@H]([C@H]2CC[C@H](c3cc(F)c(OC(F)F)c(F)c3)CC2)CC1. The van der Waals surface area contributed by atoms with E-state index in [1.165, 1.54) is 69.9 Å². The van der Waals surface area contributed by atoms with Crippen LogP contribution in [0.15, 0.2) is 24.3 Å². The van der Waals surface area contributed by atoms with Gasteiger partial charge in [-0.3, -0.25) is 0 Å². The van der Waals surface area contributed by atoms with E-state index in [4.69, 9.17) is 0 Å². The average molecular weight is 455 g/mol. The summed E-state index contributed by atoms with van der Waals surface area (Å²) in [7, 11) is 0. The molecular formula is C27H38F4O. The van der Waals surface area contributed by atoms with E-state index < -0.39 is 24.0 Å². The summed E-state index contributed by atoms with van der Waals surface area (Å²) in [4.78, 5) is 0. The predicted molar refractivity (Wildman–Crippen MR) is 121 cm³/mol. The highest BCUT2D eigenvalue weighted by Crippen LogP contribution is 2.45. The molecular weight excluding hydrogens is 416 g/mol. The van der Waals surface area contributed by atoms with Gasteiger partial charge in [0.15, 0.2) is 17.4 Å². The van der Waals surface area contributed by atoms with Gasteiger partial charge in [-0.1, -0.05) is 44.8 Å². The molecule has 0 aromatic heterocycles. The first-order valence-corrected chi connectivity index (χ1v) is 12.6. The molecule has 2 fully saturated rings. The number of rotatable bonds is 10. The topological polar surface area (TPSA) is 9.23 Å².